The van der Waals surface area contributed by atoms with Gasteiger partial charge in [0.15, 0.2) is 0 Å². The molecule has 1 aromatic heterocycles. The zero-order valence-electron chi connectivity index (χ0n) is 9.09. The summed E-state index contributed by atoms with van der Waals surface area (Å²) >= 11 is 7.33. The first-order chi connectivity index (χ1) is 7.33. The second-order valence-electron chi connectivity index (χ2n) is 3.26. The molecule has 1 rings (SSSR count). The molecule has 0 spiro atoms. The van der Waals surface area contributed by atoms with Gasteiger partial charge in [-0.15, -0.1) is 11.3 Å². The van der Waals surface area contributed by atoms with Gasteiger partial charge in [-0.25, -0.2) is 0 Å². The fourth-order valence-electron chi connectivity index (χ4n) is 1.27. The van der Waals surface area contributed by atoms with E-state index < -0.39 is 0 Å². The number of hydrogen-bond acceptors (Lipinski definition) is 3. The van der Waals surface area contributed by atoms with Gasteiger partial charge in [0.05, 0.1) is 3.79 Å². The lowest BCUT2D eigenvalue weighted by molar-refractivity contribution is 0.677. The first-order valence-corrected chi connectivity index (χ1v) is 8.12. The second-order valence-corrected chi connectivity index (χ2v) is 7.20. The van der Waals surface area contributed by atoms with Gasteiger partial charge in [-0.05, 0) is 65.5 Å². The average Bonchev–Trinajstić information content (AvgIpc) is 2.63. The molecular formula is C11H18BrNS2. The molecule has 1 nitrogen and oxygen atoms in total. The highest BCUT2D eigenvalue weighted by molar-refractivity contribution is 9.11. The number of rotatable bonds is 8. The maximum atomic E-state index is 3.48. The zero-order chi connectivity index (χ0) is 10.9. The minimum atomic E-state index is 1.10. The molecule has 0 unspecified atom stereocenters. The summed E-state index contributed by atoms with van der Waals surface area (Å²) < 4.78 is 1.23. The Kier molecular flexibility index (Phi) is 7.79. The lowest BCUT2D eigenvalue weighted by Crippen LogP contribution is -2.18. The Hall–Kier alpha value is 0.490. The Labute approximate surface area is 109 Å². The van der Waals surface area contributed by atoms with E-state index in [4.69, 9.17) is 0 Å². The van der Waals surface area contributed by atoms with Crippen molar-refractivity contribution in [2.24, 2.45) is 0 Å². The summed E-state index contributed by atoms with van der Waals surface area (Å²) in [5.74, 6) is 2.53. The molecular weight excluding hydrogens is 290 g/mol. The third-order valence-electron chi connectivity index (χ3n) is 2.02. The maximum Gasteiger partial charge on any atom is 0.0701 e. The number of halogens is 1. The Balaban J connectivity index is 1.93. The van der Waals surface area contributed by atoms with Gasteiger partial charge in [0.1, 0.15) is 0 Å². The van der Waals surface area contributed by atoms with E-state index in [-0.39, 0.29) is 0 Å². The van der Waals surface area contributed by atoms with E-state index in [0.717, 1.165) is 19.5 Å². The molecule has 0 aliphatic rings. The topological polar surface area (TPSA) is 12.0 Å². The summed E-state index contributed by atoms with van der Waals surface area (Å²) in [4.78, 5) is 1.46. The zero-order valence-corrected chi connectivity index (χ0v) is 12.3. The molecule has 0 aromatic carbocycles. The van der Waals surface area contributed by atoms with Crippen LogP contribution in [0.3, 0.4) is 0 Å². The molecule has 4 heteroatoms. The normalized spacial score (nSPS) is 10.8. The molecule has 0 bridgehead atoms. The first kappa shape index (κ1) is 13.6. The van der Waals surface area contributed by atoms with Crippen LogP contribution in [0.15, 0.2) is 15.9 Å². The van der Waals surface area contributed by atoms with E-state index in [1.54, 1.807) is 0 Å². The highest BCUT2D eigenvalue weighted by atomic mass is 79.9. The molecule has 1 N–H and O–H groups in total. The Morgan fingerprint density at radius 2 is 2.27 bits per heavy atom. The quantitative estimate of drug-likeness (QED) is 0.733. The van der Waals surface area contributed by atoms with Crippen LogP contribution >= 0.6 is 39.0 Å². The minimum Gasteiger partial charge on any atom is -0.316 e. The molecule has 0 saturated carbocycles. The van der Waals surface area contributed by atoms with Crippen molar-refractivity contribution in [3.05, 3.63) is 20.8 Å². The van der Waals surface area contributed by atoms with Gasteiger partial charge in [-0.2, -0.15) is 11.8 Å². The van der Waals surface area contributed by atoms with Crippen molar-refractivity contribution in [1.82, 2.24) is 5.32 Å². The van der Waals surface area contributed by atoms with E-state index in [2.05, 4.69) is 40.3 Å². The highest BCUT2D eigenvalue weighted by Crippen LogP contribution is 2.21. The summed E-state index contributed by atoms with van der Waals surface area (Å²) in [5.41, 5.74) is 0. The van der Waals surface area contributed by atoms with Crippen LogP contribution in [0.4, 0.5) is 0 Å². The summed E-state index contributed by atoms with van der Waals surface area (Å²) in [5, 5.41) is 3.48. The van der Waals surface area contributed by atoms with Gasteiger partial charge >= 0.3 is 0 Å². The third kappa shape index (κ3) is 6.61. The SMILES string of the molecule is CCSCCCNCCc1ccc(Br)s1. The van der Waals surface area contributed by atoms with E-state index in [1.807, 2.05) is 23.1 Å². The molecule has 1 aromatic rings. The molecule has 0 aliphatic carbocycles. The van der Waals surface area contributed by atoms with Crippen LogP contribution in [0.25, 0.3) is 0 Å². The van der Waals surface area contributed by atoms with Crippen molar-refractivity contribution in [1.29, 1.82) is 0 Å². The van der Waals surface area contributed by atoms with Gasteiger partial charge in [0, 0.05) is 4.88 Å². The molecule has 0 fully saturated rings. The molecule has 0 amide bonds. The lowest BCUT2D eigenvalue weighted by Gasteiger charge is -2.02. The monoisotopic (exact) mass is 307 g/mol. The lowest BCUT2D eigenvalue weighted by atomic mass is 10.3. The fourth-order valence-corrected chi connectivity index (χ4v) is 3.39. The van der Waals surface area contributed by atoms with E-state index in [0.29, 0.717) is 0 Å². The number of hydrogen-bond donors (Lipinski definition) is 1. The van der Waals surface area contributed by atoms with E-state index >= 15 is 0 Å². The van der Waals surface area contributed by atoms with Gasteiger partial charge < -0.3 is 5.32 Å². The van der Waals surface area contributed by atoms with Crippen LogP contribution in [0.2, 0.25) is 0 Å². The number of nitrogens with one attached hydrogen (secondary N) is 1. The molecule has 0 aliphatic heterocycles. The van der Waals surface area contributed by atoms with E-state index in [1.165, 1.54) is 26.6 Å². The predicted octanol–water partition coefficient (Wildman–Crippen LogP) is 3.79. The maximum absolute atomic E-state index is 3.48. The fraction of sp³-hybridized carbons (Fsp3) is 0.636. The van der Waals surface area contributed by atoms with Crippen molar-refractivity contribution >= 4 is 39.0 Å². The number of thiophene rings is 1. The summed E-state index contributed by atoms with van der Waals surface area (Å²) in [6.07, 6.45) is 2.43. The third-order valence-corrected chi connectivity index (χ3v) is 4.69. The average molecular weight is 308 g/mol. The Morgan fingerprint density at radius 1 is 1.40 bits per heavy atom. The Bertz CT molecular complexity index is 263. The smallest absolute Gasteiger partial charge is 0.0701 e. The Morgan fingerprint density at radius 3 is 2.93 bits per heavy atom. The number of thioether (sulfide) groups is 1. The largest absolute Gasteiger partial charge is 0.316 e. The van der Waals surface area contributed by atoms with Crippen LogP contribution in [-0.2, 0) is 6.42 Å². The molecule has 0 saturated heterocycles. The summed E-state index contributed by atoms with van der Waals surface area (Å²) in [6.45, 7) is 4.47. The van der Waals surface area contributed by atoms with Crippen LogP contribution < -0.4 is 5.32 Å². The summed E-state index contributed by atoms with van der Waals surface area (Å²) in [7, 11) is 0. The molecule has 1 heterocycles. The van der Waals surface area contributed by atoms with Crippen molar-refractivity contribution in [3.63, 3.8) is 0 Å². The van der Waals surface area contributed by atoms with Crippen molar-refractivity contribution < 1.29 is 0 Å². The molecule has 0 radical (unpaired) electrons. The van der Waals surface area contributed by atoms with Gasteiger partial charge in [0.25, 0.3) is 0 Å². The standard InChI is InChI=1S/C11H18BrNS2/c1-2-14-9-3-7-13-8-6-10-4-5-11(12)15-10/h4-5,13H,2-3,6-9H2,1H3. The van der Waals surface area contributed by atoms with Gasteiger partial charge in [0.2, 0.25) is 0 Å². The first-order valence-electron chi connectivity index (χ1n) is 5.35. The summed E-state index contributed by atoms with van der Waals surface area (Å²) in [6, 6.07) is 4.32. The minimum absolute atomic E-state index is 1.10. The highest BCUT2D eigenvalue weighted by Gasteiger charge is 1.96. The van der Waals surface area contributed by atoms with Gasteiger partial charge in [-0.3, -0.25) is 0 Å². The van der Waals surface area contributed by atoms with Crippen LogP contribution in [0.5, 0.6) is 0 Å². The molecule has 86 valence electrons. The second kappa shape index (κ2) is 8.62. The van der Waals surface area contributed by atoms with Crippen LogP contribution in [0.1, 0.15) is 18.2 Å². The molecule has 15 heavy (non-hydrogen) atoms. The molecule has 0 atom stereocenters. The predicted molar refractivity (Wildman–Crippen MR) is 76.2 cm³/mol. The van der Waals surface area contributed by atoms with Gasteiger partial charge in [-0.1, -0.05) is 6.92 Å². The van der Waals surface area contributed by atoms with Crippen molar-refractivity contribution in [2.75, 3.05) is 24.6 Å². The van der Waals surface area contributed by atoms with Crippen molar-refractivity contribution in [2.45, 2.75) is 19.8 Å². The van der Waals surface area contributed by atoms with Crippen LogP contribution in [0, 0.1) is 0 Å². The van der Waals surface area contributed by atoms with E-state index in [9.17, 15) is 0 Å². The van der Waals surface area contributed by atoms with Crippen LogP contribution in [-0.4, -0.2) is 24.6 Å². The van der Waals surface area contributed by atoms with Crippen molar-refractivity contribution in [3.8, 4) is 0 Å².